The molecule has 2 rings (SSSR count). The van der Waals surface area contributed by atoms with E-state index in [1.54, 1.807) is 0 Å². The first-order valence-corrected chi connectivity index (χ1v) is 8.66. The van der Waals surface area contributed by atoms with Crippen LogP contribution in [0.3, 0.4) is 0 Å². The normalized spacial score (nSPS) is 23.4. The van der Waals surface area contributed by atoms with Gasteiger partial charge in [0.25, 0.3) is 0 Å². The fourth-order valence-corrected chi connectivity index (χ4v) is 3.97. The summed E-state index contributed by atoms with van der Waals surface area (Å²) >= 11 is 0. The van der Waals surface area contributed by atoms with Gasteiger partial charge < -0.3 is 10.2 Å². The molecule has 0 bridgehead atoms. The summed E-state index contributed by atoms with van der Waals surface area (Å²) in [5.74, 6) is 0. The lowest BCUT2D eigenvalue weighted by molar-refractivity contribution is -0.0107. The highest BCUT2D eigenvalue weighted by molar-refractivity contribution is 4.88. The summed E-state index contributed by atoms with van der Waals surface area (Å²) in [7, 11) is 0. The number of aliphatic hydroxyl groups excluding tert-OH is 2. The van der Waals surface area contributed by atoms with Crippen LogP contribution in [-0.2, 0) is 0 Å². The third-order valence-corrected chi connectivity index (χ3v) is 5.42. The molecule has 3 heteroatoms. The fraction of sp³-hybridized carbons (Fsp3) is 1.00. The van der Waals surface area contributed by atoms with Crippen molar-refractivity contribution in [1.29, 1.82) is 0 Å². The minimum atomic E-state index is -0.352. The van der Waals surface area contributed by atoms with Crippen LogP contribution in [0.1, 0.15) is 71.1 Å². The summed E-state index contributed by atoms with van der Waals surface area (Å²) in [5, 5.41) is 19.3. The van der Waals surface area contributed by atoms with Gasteiger partial charge in [-0.2, -0.15) is 0 Å². The Labute approximate surface area is 124 Å². The Morgan fingerprint density at radius 2 is 1.20 bits per heavy atom. The van der Waals surface area contributed by atoms with Gasteiger partial charge in [0, 0.05) is 24.0 Å². The minimum Gasteiger partial charge on any atom is -0.396 e. The SMILES string of the molecule is CC(CO)(CO)CN(C1CCCCC1)C1CCCCC1. The Hall–Kier alpha value is -0.120. The summed E-state index contributed by atoms with van der Waals surface area (Å²) in [6, 6.07) is 1.37. The molecule has 2 N–H and O–H groups in total. The van der Waals surface area contributed by atoms with Crippen molar-refractivity contribution < 1.29 is 10.2 Å². The van der Waals surface area contributed by atoms with Gasteiger partial charge in [-0.05, 0) is 25.7 Å². The van der Waals surface area contributed by atoms with Gasteiger partial charge in [-0.1, -0.05) is 45.4 Å². The van der Waals surface area contributed by atoms with Crippen LogP contribution in [0.15, 0.2) is 0 Å². The van der Waals surface area contributed by atoms with Crippen molar-refractivity contribution in [1.82, 2.24) is 4.90 Å². The molecule has 2 fully saturated rings. The second kappa shape index (κ2) is 7.77. The molecule has 0 amide bonds. The minimum absolute atomic E-state index is 0.0828. The monoisotopic (exact) mass is 283 g/mol. The van der Waals surface area contributed by atoms with E-state index in [2.05, 4.69) is 4.90 Å². The van der Waals surface area contributed by atoms with E-state index in [0.717, 1.165) is 6.54 Å². The molecule has 0 unspecified atom stereocenters. The van der Waals surface area contributed by atoms with Gasteiger partial charge in [0.15, 0.2) is 0 Å². The molecule has 0 aliphatic heterocycles. The summed E-state index contributed by atoms with van der Waals surface area (Å²) in [5.41, 5.74) is -0.352. The average molecular weight is 283 g/mol. The molecule has 2 saturated carbocycles. The number of hydrogen-bond acceptors (Lipinski definition) is 3. The van der Waals surface area contributed by atoms with Gasteiger partial charge in [0.2, 0.25) is 0 Å². The maximum absolute atomic E-state index is 9.64. The number of nitrogens with zero attached hydrogens (tertiary/aromatic N) is 1. The zero-order valence-corrected chi connectivity index (χ0v) is 13.2. The Morgan fingerprint density at radius 1 is 0.800 bits per heavy atom. The largest absolute Gasteiger partial charge is 0.396 e. The zero-order valence-electron chi connectivity index (χ0n) is 13.2. The Balaban J connectivity index is 2.05. The van der Waals surface area contributed by atoms with Crippen molar-refractivity contribution in [2.24, 2.45) is 5.41 Å². The van der Waals surface area contributed by atoms with Gasteiger partial charge in [0.05, 0.1) is 13.2 Å². The number of rotatable bonds is 6. The highest BCUT2D eigenvalue weighted by Gasteiger charge is 2.34. The average Bonchev–Trinajstić information content (AvgIpc) is 2.54. The van der Waals surface area contributed by atoms with Crippen LogP contribution in [-0.4, -0.2) is 47.0 Å². The van der Waals surface area contributed by atoms with Crippen molar-refractivity contribution in [3.05, 3.63) is 0 Å². The summed E-state index contributed by atoms with van der Waals surface area (Å²) in [6.07, 6.45) is 13.4. The van der Waals surface area contributed by atoms with E-state index in [-0.39, 0.29) is 18.6 Å². The lowest BCUT2D eigenvalue weighted by Crippen LogP contribution is -2.51. The molecular formula is C17H33NO2. The van der Waals surface area contributed by atoms with Crippen LogP contribution in [0, 0.1) is 5.41 Å². The lowest BCUT2D eigenvalue weighted by Gasteiger charge is -2.45. The second-order valence-electron chi connectivity index (χ2n) is 7.38. The molecule has 2 aliphatic carbocycles. The molecule has 0 aromatic carbocycles. The molecule has 3 nitrogen and oxygen atoms in total. The first-order chi connectivity index (χ1) is 9.68. The fourth-order valence-electron chi connectivity index (χ4n) is 3.97. The van der Waals surface area contributed by atoms with Crippen LogP contribution < -0.4 is 0 Å². The van der Waals surface area contributed by atoms with Crippen LogP contribution in [0.2, 0.25) is 0 Å². The molecule has 0 radical (unpaired) electrons. The first-order valence-electron chi connectivity index (χ1n) is 8.66. The van der Waals surface area contributed by atoms with Crippen molar-refractivity contribution in [2.45, 2.75) is 83.2 Å². The van der Waals surface area contributed by atoms with E-state index in [1.807, 2.05) is 6.92 Å². The highest BCUT2D eigenvalue weighted by Crippen LogP contribution is 2.32. The molecule has 0 spiro atoms. The quantitative estimate of drug-likeness (QED) is 0.787. The summed E-state index contributed by atoms with van der Waals surface area (Å²) in [4.78, 5) is 2.67. The Kier molecular flexibility index (Phi) is 6.31. The highest BCUT2D eigenvalue weighted by atomic mass is 16.3. The van der Waals surface area contributed by atoms with Gasteiger partial charge in [-0.15, -0.1) is 0 Å². The maximum atomic E-state index is 9.64. The molecular weight excluding hydrogens is 250 g/mol. The molecule has 0 atom stereocenters. The lowest BCUT2D eigenvalue weighted by atomic mass is 9.84. The van der Waals surface area contributed by atoms with E-state index in [9.17, 15) is 10.2 Å². The van der Waals surface area contributed by atoms with Crippen LogP contribution in [0.4, 0.5) is 0 Å². The molecule has 0 heterocycles. The van der Waals surface area contributed by atoms with E-state index < -0.39 is 0 Å². The van der Waals surface area contributed by atoms with E-state index in [4.69, 9.17) is 0 Å². The van der Waals surface area contributed by atoms with Crippen LogP contribution in [0.5, 0.6) is 0 Å². The first kappa shape index (κ1) is 16.3. The van der Waals surface area contributed by atoms with Crippen molar-refractivity contribution in [2.75, 3.05) is 19.8 Å². The van der Waals surface area contributed by atoms with E-state index in [0.29, 0.717) is 12.1 Å². The topological polar surface area (TPSA) is 43.7 Å². The third-order valence-electron chi connectivity index (χ3n) is 5.42. The number of hydrogen-bond donors (Lipinski definition) is 2. The van der Waals surface area contributed by atoms with Crippen molar-refractivity contribution in [3.63, 3.8) is 0 Å². The summed E-state index contributed by atoms with van der Waals surface area (Å²) in [6.45, 7) is 3.04. The second-order valence-corrected chi connectivity index (χ2v) is 7.38. The predicted octanol–water partition coefficient (Wildman–Crippen LogP) is 2.94. The van der Waals surface area contributed by atoms with E-state index in [1.165, 1.54) is 64.2 Å². The molecule has 20 heavy (non-hydrogen) atoms. The van der Waals surface area contributed by atoms with Crippen LogP contribution in [0.25, 0.3) is 0 Å². The van der Waals surface area contributed by atoms with Gasteiger partial charge in [0.1, 0.15) is 0 Å². The third kappa shape index (κ3) is 4.19. The Morgan fingerprint density at radius 3 is 1.55 bits per heavy atom. The molecule has 0 aromatic rings. The van der Waals surface area contributed by atoms with E-state index >= 15 is 0 Å². The van der Waals surface area contributed by atoms with Gasteiger partial charge in [-0.25, -0.2) is 0 Å². The number of aliphatic hydroxyl groups is 2. The van der Waals surface area contributed by atoms with Gasteiger partial charge >= 0.3 is 0 Å². The molecule has 2 aliphatic rings. The standard InChI is InChI=1S/C17H33NO2/c1-17(13-19,14-20)12-18(15-8-4-2-5-9-15)16-10-6-3-7-11-16/h15-16,19-20H,2-14H2,1H3. The maximum Gasteiger partial charge on any atom is 0.0519 e. The van der Waals surface area contributed by atoms with Crippen LogP contribution >= 0.6 is 0 Å². The van der Waals surface area contributed by atoms with Gasteiger partial charge in [-0.3, -0.25) is 4.90 Å². The Bertz CT molecular complexity index is 248. The molecule has 0 saturated heterocycles. The van der Waals surface area contributed by atoms with Crippen molar-refractivity contribution >= 4 is 0 Å². The summed E-state index contributed by atoms with van der Waals surface area (Å²) < 4.78 is 0. The molecule has 0 aromatic heterocycles. The zero-order chi connectivity index (χ0) is 14.4. The van der Waals surface area contributed by atoms with Crippen molar-refractivity contribution in [3.8, 4) is 0 Å². The molecule has 118 valence electrons. The smallest absolute Gasteiger partial charge is 0.0519 e. The predicted molar refractivity (Wildman–Crippen MR) is 82.7 cm³/mol.